The molecule has 0 amide bonds. The molecule has 2 aromatic rings. The third-order valence-corrected chi connectivity index (χ3v) is 4.21. The molecule has 18 heavy (non-hydrogen) atoms. The molecular weight excluding hydrogens is 283 g/mol. The van der Waals surface area contributed by atoms with Crippen molar-refractivity contribution < 1.29 is 0 Å². The van der Waals surface area contributed by atoms with E-state index in [-0.39, 0.29) is 0 Å². The van der Waals surface area contributed by atoms with Crippen LogP contribution < -0.4 is 0 Å². The van der Waals surface area contributed by atoms with Crippen molar-refractivity contribution in [3.8, 4) is 11.1 Å². The summed E-state index contributed by atoms with van der Waals surface area (Å²) in [6.45, 7) is 0. The van der Waals surface area contributed by atoms with E-state index >= 15 is 0 Å². The third-order valence-electron chi connectivity index (χ3n) is 3.49. The second-order valence-electron chi connectivity index (χ2n) is 4.53. The first-order valence-corrected chi connectivity index (χ1v) is 7.29. The monoisotopic (exact) mass is 294 g/mol. The van der Waals surface area contributed by atoms with Gasteiger partial charge in [0.15, 0.2) is 0 Å². The second-order valence-corrected chi connectivity index (χ2v) is 5.85. The molecule has 3 rings (SSSR count). The molecule has 0 heterocycles. The Balaban J connectivity index is 2.22. The molecule has 0 unspecified atom stereocenters. The zero-order valence-electron chi connectivity index (χ0n) is 9.66. The summed E-state index contributed by atoms with van der Waals surface area (Å²) in [5, 5.41) is 1.58. The average molecular weight is 295 g/mol. The van der Waals surface area contributed by atoms with Crippen molar-refractivity contribution in [3.63, 3.8) is 0 Å². The smallest absolute Gasteiger partial charge is 0.0409 e. The molecule has 2 aromatic carbocycles. The zero-order chi connectivity index (χ0) is 12.7. The average Bonchev–Trinajstić information content (AvgIpc) is 2.63. The number of benzene rings is 2. The van der Waals surface area contributed by atoms with Crippen LogP contribution in [0.25, 0.3) is 11.1 Å². The lowest BCUT2D eigenvalue weighted by Crippen LogP contribution is -1.97. The van der Waals surface area contributed by atoms with Gasteiger partial charge >= 0.3 is 0 Å². The van der Waals surface area contributed by atoms with E-state index in [1.807, 2.05) is 12.1 Å². The Kier molecular flexibility index (Phi) is 3.31. The predicted molar refractivity (Wildman–Crippen MR) is 82.2 cm³/mol. The Labute approximate surface area is 122 Å². The Morgan fingerprint density at radius 2 is 1.39 bits per heavy atom. The van der Waals surface area contributed by atoms with Crippen LogP contribution in [-0.2, 0) is 0 Å². The van der Waals surface area contributed by atoms with Gasteiger partial charge in [0.1, 0.15) is 0 Å². The number of hydrogen-bond donors (Lipinski definition) is 1. The summed E-state index contributed by atoms with van der Waals surface area (Å²) in [5.74, 6) is 1.22. The SMILES string of the molecule is SCCC1c2cc(Cl)ccc2-c2ccc(Cl)cc21. The minimum atomic E-state index is 0.366. The highest BCUT2D eigenvalue weighted by molar-refractivity contribution is 7.80. The van der Waals surface area contributed by atoms with Crippen molar-refractivity contribution >= 4 is 35.8 Å². The van der Waals surface area contributed by atoms with Gasteiger partial charge in [-0.2, -0.15) is 12.6 Å². The summed E-state index contributed by atoms with van der Waals surface area (Å²) in [6, 6.07) is 12.2. The Morgan fingerprint density at radius 3 is 1.83 bits per heavy atom. The molecule has 0 nitrogen and oxygen atoms in total. The van der Waals surface area contributed by atoms with Gasteiger partial charge in [-0.3, -0.25) is 0 Å². The fourth-order valence-electron chi connectivity index (χ4n) is 2.74. The maximum Gasteiger partial charge on any atom is 0.0409 e. The van der Waals surface area contributed by atoms with Crippen LogP contribution in [0.1, 0.15) is 23.5 Å². The highest BCUT2D eigenvalue weighted by atomic mass is 35.5. The molecule has 92 valence electrons. The van der Waals surface area contributed by atoms with E-state index in [1.54, 1.807) is 0 Å². The van der Waals surface area contributed by atoms with Crippen LogP contribution in [0.3, 0.4) is 0 Å². The highest BCUT2D eigenvalue weighted by Gasteiger charge is 2.28. The molecule has 0 radical (unpaired) electrons. The van der Waals surface area contributed by atoms with E-state index in [2.05, 4.69) is 36.9 Å². The van der Waals surface area contributed by atoms with Gasteiger partial charge in [-0.25, -0.2) is 0 Å². The van der Waals surface area contributed by atoms with Crippen LogP contribution >= 0.6 is 35.8 Å². The lowest BCUT2D eigenvalue weighted by atomic mass is 9.94. The number of fused-ring (bicyclic) bond motifs is 3. The predicted octanol–water partition coefficient (Wildman–Crippen LogP) is 5.43. The highest BCUT2D eigenvalue weighted by Crippen LogP contribution is 2.47. The minimum Gasteiger partial charge on any atom is -0.179 e. The Hall–Kier alpha value is -0.630. The first-order valence-electron chi connectivity index (χ1n) is 5.91. The van der Waals surface area contributed by atoms with E-state index < -0.39 is 0 Å². The summed E-state index contributed by atoms with van der Waals surface area (Å²) in [5.41, 5.74) is 5.15. The lowest BCUT2D eigenvalue weighted by Gasteiger charge is -2.12. The summed E-state index contributed by atoms with van der Waals surface area (Å²) in [6.07, 6.45) is 1.00. The normalized spacial score (nSPS) is 13.5. The number of hydrogen-bond acceptors (Lipinski definition) is 1. The van der Waals surface area contributed by atoms with Crippen LogP contribution in [0.4, 0.5) is 0 Å². The van der Waals surface area contributed by atoms with Gasteiger partial charge in [0.2, 0.25) is 0 Å². The molecule has 1 aliphatic carbocycles. The standard InChI is InChI=1S/C15H12Cl2S/c16-9-1-3-11-12-4-2-10(17)8-15(12)13(5-6-18)14(11)7-9/h1-4,7-8,13,18H,5-6H2. The van der Waals surface area contributed by atoms with E-state index in [0.29, 0.717) is 5.92 Å². The molecule has 0 N–H and O–H groups in total. The zero-order valence-corrected chi connectivity index (χ0v) is 12.1. The molecule has 0 spiro atoms. The van der Waals surface area contributed by atoms with Gasteiger partial charge < -0.3 is 0 Å². The van der Waals surface area contributed by atoms with E-state index in [1.165, 1.54) is 22.3 Å². The van der Waals surface area contributed by atoms with Crippen LogP contribution in [0.5, 0.6) is 0 Å². The van der Waals surface area contributed by atoms with Crippen molar-refractivity contribution in [3.05, 3.63) is 57.6 Å². The molecule has 0 aromatic heterocycles. The van der Waals surface area contributed by atoms with Crippen LogP contribution in [0.2, 0.25) is 10.0 Å². The van der Waals surface area contributed by atoms with E-state index in [9.17, 15) is 0 Å². The fourth-order valence-corrected chi connectivity index (χ4v) is 3.36. The molecule has 0 fully saturated rings. The summed E-state index contributed by atoms with van der Waals surface area (Å²) in [4.78, 5) is 0. The maximum atomic E-state index is 6.12. The quantitative estimate of drug-likeness (QED) is 0.702. The van der Waals surface area contributed by atoms with Crippen molar-refractivity contribution in [2.24, 2.45) is 0 Å². The van der Waals surface area contributed by atoms with Crippen molar-refractivity contribution in [2.75, 3.05) is 5.75 Å². The molecule has 0 bridgehead atoms. The van der Waals surface area contributed by atoms with Gasteiger partial charge in [-0.1, -0.05) is 35.3 Å². The topological polar surface area (TPSA) is 0 Å². The third kappa shape index (κ3) is 1.95. The molecule has 0 saturated heterocycles. The molecule has 0 saturated carbocycles. The number of rotatable bonds is 2. The molecule has 0 atom stereocenters. The number of halogens is 2. The van der Waals surface area contributed by atoms with Gasteiger partial charge in [0.05, 0.1) is 0 Å². The second kappa shape index (κ2) is 4.80. The van der Waals surface area contributed by atoms with Crippen LogP contribution in [0.15, 0.2) is 36.4 Å². The van der Waals surface area contributed by atoms with E-state index in [0.717, 1.165) is 22.2 Å². The maximum absolute atomic E-state index is 6.12. The van der Waals surface area contributed by atoms with Crippen molar-refractivity contribution in [1.29, 1.82) is 0 Å². The lowest BCUT2D eigenvalue weighted by molar-refractivity contribution is 0.808. The fraction of sp³-hybridized carbons (Fsp3) is 0.200. The Morgan fingerprint density at radius 1 is 0.889 bits per heavy atom. The van der Waals surface area contributed by atoms with Gasteiger partial charge in [-0.05, 0) is 58.7 Å². The Bertz CT molecular complexity index is 556. The van der Waals surface area contributed by atoms with Crippen LogP contribution in [-0.4, -0.2) is 5.75 Å². The van der Waals surface area contributed by atoms with Gasteiger partial charge in [-0.15, -0.1) is 0 Å². The van der Waals surface area contributed by atoms with E-state index in [4.69, 9.17) is 23.2 Å². The molecule has 3 heteroatoms. The molecule has 1 aliphatic rings. The summed E-state index contributed by atoms with van der Waals surface area (Å²) >= 11 is 16.6. The molecular formula is C15H12Cl2S. The summed E-state index contributed by atoms with van der Waals surface area (Å²) < 4.78 is 0. The first kappa shape index (κ1) is 12.4. The number of thiol groups is 1. The molecule has 0 aliphatic heterocycles. The summed E-state index contributed by atoms with van der Waals surface area (Å²) in [7, 11) is 0. The minimum absolute atomic E-state index is 0.366. The van der Waals surface area contributed by atoms with Crippen LogP contribution in [0, 0.1) is 0 Å². The van der Waals surface area contributed by atoms with Crippen molar-refractivity contribution in [1.82, 2.24) is 0 Å². The first-order chi connectivity index (χ1) is 8.70. The van der Waals surface area contributed by atoms with Gasteiger partial charge in [0.25, 0.3) is 0 Å². The van der Waals surface area contributed by atoms with Gasteiger partial charge in [0, 0.05) is 16.0 Å². The van der Waals surface area contributed by atoms with Crippen molar-refractivity contribution in [2.45, 2.75) is 12.3 Å². The largest absolute Gasteiger partial charge is 0.179 e.